The smallest absolute Gasteiger partial charge is 0.311 e. The summed E-state index contributed by atoms with van der Waals surface area (Å²) in [6.07, 6.45) is 0.256. The van der Waals surface area contributed by atoms with E-state index in [4.69, 9.17) is 21.7 Å². The molecule has 1 N–H and O–H groups in total. The Bertz CT molecular complexity index is 1030. The molecule has 0 aliphatic carbocycles. The maximum Gasteiger partial charge on any atom is 0.311 e. The number of aromatic nitrogens is 1. The number of carbonyl (C=O) groups is 1. The van der Waals surface area contributed by atoms with Gasteiger partial charge >= 0.3 is 5.97 Å². The van der Waals surface area contributed by atoms with Gasteiger partial charge in [0.05, 0.1) is 27.2 Å². The number of methoxy groups -OCH3 is 1. The summed E-state index contributed by atoms with van der Waals surface area (Å²) in [4.78, 5) is 13.1. The Morgan fingerprint density at radius 3 is 2.71 bits per heavy atom. The van der Waals surface area contributed by atoms with Crippen molar-refractivity contribution in [2.75, 3.05) is 20.8 Å². The topological polar surface area (TPSA) is 44.9 Å². The van der Waals surface area contributed by atoms with E-state index in [9.17, 15) is 4.79 Å². The molecular formula is C21H25N2O3S2+. The lowest BCUT2D eigenvalue weighted by atomic mass is 10.1. The number of benzene rings is 2. The number of carbonyl (C=O) groups excluding carboxylic acids is 1. The molecule has 2 aromatic carbocycles. The summed E-state index contributed by atoms with van der Waals surface area (Å²) in [7, 11) is 3.81. The molecular weight excluding hydrogens is 392 g/mol. The quantitative estimate of drug-likeness (QED) is 0.452. The van der Waals surface area contributed by atoms with Crippen molar-refractivity contribution in [2.24, 2.45) is 0 Å². The van der Waals surface area contributed by atoms with Gasteiger partial charge in [0.15, 0.2) is 10.6 Å². The number of rotatable bonds is 8. The van der Waals surface area contributed by atoms with Gasteiger partial charge in [-0.1, -0.05) is 18.2 Å². The largest absolute Gasteiger partial charge is 0.497 e. The van der Waals surface area contributed by atoms with Gasteiger partial charge in [0.25, 0.3) is 0 Å². The molecule has 0 saturated carbocycles. The molecule has 0 aliphatic heterocycles. The molecule has 0 spiro atoms. The molecule has 7 heteroatoms. The number of fused-ring (bicyclic) bond motifs is 1. The number of esters is 1. The van der Waals surface area contributed by atoms with Crippen LogP contribution in [-0.2, 0) is 29.2 Å². The second kappa shape index (κ2) is 9.32. The van der Waals surface area contributed by atoms with Crippen molar-refractivity contribution in [2.45, 2.75) is 26.6 Å². The molecule has 0 radical (unpaired) electrons. The van der Waals surface area contributed by atoms with Gasteiger partial charge in [-0.25, -0.2) is 0 Å². The Hall–Kier alpha value is -2.22. The van der Waals surface area contributed by atoms with E-state index in [2.05, 4.69) is 31.3 Å². The zero-order valence-electron chi connectivity index (χ0n) is 16.4. The van der Waals surface area contributed by atoms with Crippen LogP contribution in [0, 0.1) is 3.95 Å². The molecule has 148 valence electrons. The van der Waals surface area contributed by atoms with E-state index < -0.39 is 0 Å². The summed E-state index contributed by atoms with van der Waals surface area (Å²) < 4.78 is 13.2. The number of hydrogen-bond donors (Lipinski definition) is 1. The van der Waals surface area contributed by atoms with Crippen LogP contribution in [0.15, 0.2) is 41.8 Å². The molecule has 1 heterocycles. The molecule has 0 fully saturated rings. The number of hydrogen-bond acceptors (Lipinski definition) is 5. The SMILES string of the molecule is CCOC(=O)Cc1csc(=S)n1C[NH+](C)Cc1ccc2cc(OC)ccc2c1. The van der Waals surface area contributed by atoms with E-state index >= 15 is 0 Å². The van der Waals surface area contributed by atoms with Crippen molar-refractivity contribution in [3.8, 4) is 5.75 Å². The summed E-state index contributed by atoms with van der Waals surface area (Å²) in [5.41, 5.74) is 2.17. The minimum Gasteiger partial charge on any atom is -0.497 e. The fraction of sp³-hybridized carbons (Fsp3) is 0.333. The molecule has 0 bridgehead atoms. The van der Waals surface area contributed by atoms with Gasteiger partial charge in [0, 0.05) is 16.6 Å². The van der Waals surface area contributed by atoms with Gasteiger partial charge in [0.2, 0.25) is 0 Å². The van der Waals surface area contributed by atoms with Gasteiger partial charge in [-0.05, 0) is 48.1 Å². The normalized spacial score (nSPS) is 12.1. The molecule has 3 rings (SSSR count). The molecule has 0 amide bonds. The summed E-state index contributed by atoms with van der Waals surface area (Å²) in [5.74, 6) is 0.649. The van der Waals surface area contributed by atoms with Crippen molar-refractivity contribution in [1.82, 2.24) is 4.57 Å². The monoisotopic (exact) mass is 417 g/mol. The van der Waals surface area contributed by atoms with Crippen LogP contribution >= 0.6 is 23.6 Å². The van der Waals surface area contributed by atoms with Crippen molar-refractivity contribution in [1.29, 1.82) is 0 Å². The number of nitrogens with one attached hydrogen (secondary N) is 1. The van der Waals surface area contributed by atoms with Crippen LogP contribution in [0.25, 0.3) is 10.8 Å². The van der Waals surface area contributed by atoms with Gasteiger partial charge in [-0.15, -0.1) is 11.3 Å². The third-order valence-corrected chi connectivity index (χ3v) is 5.86. The van der Waals surface area contributed by atoms with E-state index in [1.165, 1.54) is 27.2 Å². The van der Waals surface area contributed by atoms with E-state index in [-0.39, 0.29) is 12.4 Å². The van der Waals surface area contributed by atoms with Crippen molar-refractivity contribution in [3.63, 3.8) is 0 Å². The fourth-order valence-corrected chi connectivity index (χ4v) is 4.29. The third-order valence-electron chi connectivity index (χ3n) is 4.54. The third kappa shape index (κ3) is 4.98. The van der Waals surface area contributed by atoms with Crippen molar-refractivity contribution in [3.05, 3.63) is 57.0 Å². The predicted molar refractivity (Wildman–Crippen MR) is 115 cm³/mol. The molecule has 0 aliphatic rings. The van der Waals surface area contributed by atoms with Crippen LogP contribution in [0.2, 0.25) is 0 Å². The summed E-state index contributed by atoms with van der Waals surface area (Å²) >= 11 is 6.95. The molecule has 1 unspecified atom stereocenters. The highest BCUT2D eigenvalue weighted by Crippen LogP contribution is 2.21. The average Bonchev–Trinajstić information content (AvgIpc) is 3.01. The average molecular weight is 418 g/mol. The van der Waals surface area contributed by atoms with E-state index in [1.807, 2.05) is 29.0 Å². The molecule has 1 aromatic heterocycles. The lowest BCUT2D eigenvalue weighted by Gasteiger charge is -2.17. The van der Waals surface area contributed by atoms with Gasteiger partial charge < -0.3 is 14.4 Å². The highest BCUT2D eigenvalue weighted by atomic mass is 32.1. The van der Waals surface area contributed by atoms with Gasteiger partial charge in [-0.3, -0.25) is 9.36 Å². The fourth-order valence-electron chi connectivity index (χ4n) is 3.21. The summed E-state index contributed by atoms with van der Waals surface area (Å²) in [5, 5.41) is 4.31. The maximum atomic E-state index is 11.8. The second-order valence-electron chi connectivity index (χ2n) is 6.74. The Balaban J connectivity index is 1.71. The van der Waals surface area contributed by atoms with Gasteiger partial charge in [0.1, 0.15) is 12.3 Å². The van der Waals surface area contributed by atoms with Crippen LogP contribution in [0.5, 0.6) is 5.75 Å². The lowest BCUT2D eigenvalue weighted by Crippen LogP contribution is -3.06. The van der Waals surface area contributed by atoms with Crippen molar-refractivity contribution >= 4 is 40.3 Å². The molecule has 1 atom stereocenters. The number of quaternary nitrogens is 1. The first kappa shape index (κ1) is 20.5. The van der Waals surface area contributed by atoms with Crippen molar-refractivity contribution < 1.29 is 19.2 Å². The number of thiazole rings is 1. The van der Waals surface area contributed by atoms with Crippen LogP contribution in [0.1, 0.15) is 18.2 Å². The summed E-state index contributed by atoms with van der Waals surface area (Å²) in [6.45, 7) is 3.77. The first-order valence-corrected chi connectivity index (χ1v) is 10.5. The first-order valence-electron chi connectivity index (χ1n) is 9.21. The minimum atomic E-state index is -0.216. The standard InChI is InChI=1S/C21H24N2O3S2/c1-4-26-20(24)11-18-13-28-21(27)23(18)14-22(2)12-15-5-6-17-10-19(25-3)8-7-16(17)9-15/h5-10,13H,4,11-12,14H2,1-3H3/p+1. The Morgan fingerprint density at radius 1 is 1.21 bits per heavy atom. The summed E-state index contributed by atoms with van der Waals surface area (Å²) in [6, 6.07) is 12.6. The van der Waals surface area contributed by atoms with E-state index in [0.717, 1.165) is 27.3 Å². The molecule has 5 nitrogen and oxygen atoms in total. The highest BCUT2D eigenvalue weighted by Gasteiger charge is 2.14. The minimum absolute atomic E-state index is 0.216. The van der Waals surface area contributed by atoms with E-state index in [0.29, 0.717) is 13.3 Å². The maximum absolute atomic E-state index is 11.8. The number of ether oxygens (including phenoxy) is 2. The van der Waals surface area contributed by atoms with Crippen LogP contribution in [0.4, 0.5) is 0 Å². The van der Waals surface area contributed by atoms with Crippen LogP contribution < -0.4 is 9.64 Å². The van der Waals surface area contributed by atoms with Crippen LogP contribution in [0.3, 0.4) is 0 Å². The zero-order chi connectivity index (χ0) is 20.1. The Labute approximate surface area is 174 Å². The molecule has 0 saturated heterocycles. The number of nitrogens with zero attached hydrogens (tertiary/aromatic N) is 1. The van der Waals surface area contributed by atoms with E-state index in [1.54, 1.807) is 7.11 Å². The second-order valence-corrected chi connectivity index (χ2v) is 8.25. The van der Waals surface area contributed by atoms with Crippen LogP contribution in [-0.4, -0.2) is 31.3 Å². The molecule has 3 aromatic rings. The lowest BCUT2D eigenvalue weighted by molar-refractivity contribution is -0.917. The zero-order valence-corrected chi connectivity index (χ0v) is 18.0. The first-order chi connectivity index (χ1) is 13.5. The predicted octanol–water partition coefficient (Wildman–Crippen LogP) is 3.22. The molecule has 28 heavy (non-hydrogen) atoms. The van der Waals surface area contributed by atoms with Gasteiger partial charge in [-0.2, -0.15) is 0 Å². The Kier molecular flexibility index (Phi) is 6.83. The highest BCUT2D eigenvalue weighted by molar-refractivity contribution is 7.73. The Morgan fingerprint density at radius 2 is 1.96 bits per heavy atom.